The van der Waals surface area contributed by atoms with E-state index >= 15 is 0 Å². The molecule has 0 aliphatic carbocycles. The quantitative estimate of drug-likeness (QED) is 0.685. The Kier molecular flexibility index (Phi) is 4.74. The summed E-state index contributed by atoms with van der Waals surface area (Å²) >= 11 is 0. The molecule has 2 amide bonds. The van der Waals surface area contributed by atoms with Crippen LogP contribution in [0.15, 0.2) is 54.7 Å². The van der Waals surface area contributed by atoms with Crippen LogP contribution in [0.4, 0.5) is 5.69 Å². The molecule has 3 aromatic rings. The van der Waals surface area contributed by atoms with E-state index in [-0.39, 0.29) is 24.9 Å². The average Bonchev–Trinajstić information content (AvgIpc) is 3.09. The topological polar surface area (TPSA) is 67.7 Å². The lowest BCUT2D eigenvalue weighted by molar-refractivity contribution is -0.139. The molecule has 0 saturated carbocycles. The lowest BCUT2D eigenvalue weighted by Crippen LogP contribution is -2.63. The predicted octanol–water partition coefficient (Wildman–Crippen LogP) is 2.70. The van der Waals surface area contributed by atoms with E-state index in [1.54, 1.807) is 21.6 Å². The summed E-state index contributed by atoms with van der Waals surface area (Å²) in [6.45, 7) is 4.55. The number of amides is 2. The highest BCUT2D eigenvalue weighted by Crippen LogP contribution is 2.30. The van der Waals surface area contributed by atoms with Crippen molar-refractivity contribution in [3.8, 4) is 5.75 Å². The molecule has 1 fully saturated rings. The van der Waals surface area contributed by atoms with Gasteiger partial charge in [-0.15, -0.1) is 0 Å². The second kappa shape index (κ2) is 7.24. The maximum atomic E-state index is 13.0. The highest BCUT2D eigenvalue weighted by molar-refractivity contribution is 5.99. The molecule has 1 aromatic heterocycles. The Morgan fingerprint density at radius 3 is 2.52 bits per heavy atom. The molecule has 2 aromatic carbocycles. The van der Waals surface area contributed by atoms with Gasteiger partial charge in [0.2, 0.25) is 11.8 Å². The lowest BCUT2D eigenvalue weighted by Gasteiger charge is -2.46. The van der Waals surface area contributed by atoms with E-state index in [1.807, 2.05) is 68.6 Å². The van der Waals surface area contributed by atoms with Crippen molar-refractivity contribution >= 4 is 28.4 Å². The van der Waals surface area contributed by atoms with E-state index in [0.717, 1.165) is 22.3 Å². The van der Waals surface area contributed by atoms with Crippen LogP contribution in [0.2, 0.25) is 0 Å². The van der Waals surface area contributed by atoms with Crippen LogP contribution in [-0.4, -0.2) is 52.2 Å². The monoisotopic (exact) mass is 392 g/mol. The minimum atomic E-state index is -0.533. The first-order chi connectivity index (χ1) is 13.9. The SMILES string of the molecule is COc1ccc(N2C(=O)CN(C(=O)Cn3cc4ccccc4n3)CC2(C)C)cc1. The second-order valence-corrected chi connectivity index (χ2v) is 7.87. The summed E-state index contributed by atoms with van der Waals surface area (Å²) in [6, 6.07) is 15.1. The molecule has 7 heteroatoms. The number of carbonyl (C=O) groups is 2. The first kappa shape index (κ1) is 19.0. The van der Waals surface area contributed by atoms with Crippen LogP contribution in [0.1, 0.15) is 13.8 Å². The molecule has 0 spiro atoms. The van der Waals surface area contributed by atoms with Gasteiger partial charge in [0, 0.05) is 23.8 Å². The van der Waals surface area contributed by atoms with Crippen molar-refractivity contribution in [3.05, 3.63) is 54.7 Å². The fraction of sp³-hybridized carbons (Fsp3) is 0.318. The highest BCUT2D eigenvalue weighted by atomic mass is 16.5. The minimum absolute atomic E-state index is 0.0507. The zero-order chi connectivity index (χ0) is 20.6. The van der Waals surface area contributed by atoms with Gasteiger partial charge in [0.25, 0.3) is 0 Å². The number of rotatable bonds is 4. The fourth-order valence-electron chi connectivity index (χ4n) is 3.90. The van der Waals surface area contributed by atoms with Gasteiger partial charge in [-0.2, -0.15) is 5.10 Å². The van der Waals surface area contributed by atoms with Gasteiger partial charge in [0.1, 0.15) is 18.8 Å². The van der Waals surface area contributed by atoms with Crippen LogP contribution in [0.25, 0.3) is 10.9 Å². The summed E-state index contributed by atoms with van der Waals surface area (Å²) in [6.07, 6.45) is 1.85. The summed E-state index contributed by atoms with van der Waals surface area (Å²) < 4.78 is 6.84. The maximum absolute atomic E-state index is 13.0. The molecule has 7 nitrogen and oxygen atoms in total. The molecule has 1 aliphatic rings. The van der Waals surface area contributed by atoms with Crippen molar-refractivity contribution in [1.29, 1.82) is 0 Å². The summed E-state index contributed by atoms with van der Waals surface area (Å²) in [5, 5.41) is 5.43. The molecule has 29 heavy (non-hydrogen) atoms. The number of aromatic nitrogens is 2. The summed E-state index contributed by atoms with van der Waals surface area (Å²) in [5.41, 5.74) is 1.11. The van der Waals surface area contributed by atoms with Gasteiger partial charge >= 0.3 is 0 Å². The van der Waals surface area contributed by atoms with Crippen LogP contribution in [0.3, 0.4) is 0 Å². The average molecular weight is 392 g/mol. The first-order valence-electron chi connectivity index (χ1n) is 9.54. The first-order valence-corrected chi connectivity index (χ1v) is 9.54. The third-order valence-corrected chi connectivity index (χ3v) is 5.20. The number of benzene rings is 2. The highest BCUT2D eigenvalue weighted by Gasteiger charge is 2.41. The Bertz CT molecular complexity index is 1020. The second-order valence-electron chi connectivity index (χ2n) is 7.87. The van der Waals surface area contributed by atoms with E-state index in [4.69, 9.17) is 4.74 Å². The predicted molar refractivity (Wildman–Crippen MR) is 111 cm³/mol. The zero-order valence-corrected chi connectivity index (χ0v) is 16.8. The van der Waals surface area contributed by atoms with Crippen LogP contribution < -0.4 is 9.64 Å². The Balaban J connectivity index is 1.50. The number of hydrogen-bond donors (Lipinski definition) is 0. The zero-order valence-electron chi connectivity index (χ0n) is 16.8. The van der Waals surface area contributed by atoms with Crippen molar-refractivity contribution < 1.29 is 14.3 Å². The largest absolute Gasteiger partial charge is 0.497 e. The lowest BCUT2D eigenvalue weighted by atomic mass is 9.97. The van der Waals surface area contributed by atoms with Gasteiger partial charge in [-0.05, 0) is 44.2 Å². The van der Waals surface area contributed by atoms with Crippen LogP contribution in [0, 0.1) is 0 Å². The van der Waals surface area contributed by atoms with Crippen molar-refractivity contribution in [2.24, 2.45) is 0 Å². The molecular weight excluding hydrogens is 368 g/mol. The number of carbonyl (C=O) groups excluding carboxylic acids is 2. The fourth-order valence-corrected chi connectivity index (χ4v) is 3.90. The van der Waals surface area contributed by atoms with E-state index in [0.29, 0.717) is 6.54 Å². The van der Waals surface area contributed by atoms with Gasteiger partial charge in [0.05, 0.1) is 18.2 Å². The number of nitrogens with zero attached hydrogens (tertiary/aromatic N) is 4. The van der Waals surface area contributed by atoms with E-state index in [2.05, 4.69) is 5.10 Å². The molecule has 0 unspecified atom stereocenters. The molecule has 1 aliphatic heterocycles. The Hall–Kier alpha value is -3.35. The third kappa shape index (κ3) is 3.68. The standard InChI is InChI=1S/C22H24N4O3/c1-22(2)15-24(13-21(28)26(22)17-8-10-18(29-3)11-9-17)20(27)14-25-12-16-6-4-5-7-19(16)23-25/h4-12H,13-15H2,1-3H3. The molecule has 150 valence electrons. The number of ether oxygens (including phenoxy) is 1. The summed E-state index contributed by atoms with van der Waals surface area (Å²) in [5.74, 6) is 0.512. The van der Waals surface area contributed by atoms with Gasteiger partial charge < -0.3 is 14.5 Å². The number of anilines is 1. The van der Waals surface area contributed by atoms with E-state index in [9.17, 15) is 9.59 Å². The van der Waals surface area contributed by atoms with Crippen LogP contribution >= 0.6 is 0 Å². The Labute approximate surface area is 169 Å². The third-order valence-electron chi connectivity index (χ3n) is 5.20. The molecule has 2 heterocycles. The van der Waals surface area contributed by atoms with Crippen molar-refractivity contribution in [2.75, 3.05) is 25.1 Å². The van der Waals surface area contributed by atoms with Crippen molar-refractivity contribution in [2.45, 2.75) is 25.9 Å². The molecule has 0 atom stereocenters. The molecule has 0 radical (unpaired) electrons. The Morgan fingerprint density at radius 2 is 1.86 bits per heavy atom. The molecular formula is C22H24N4O3. The smallest absolute Gasteiger partial charge is 0.247 e. The van der Waals surface area contributed by atoms with Gasteiger partial charge in [-0.1, -0.05) is 18.2 Å². The number of fused-ring (bicyclic) bond motifs is 1. The van der Waals surface area contributed by atoms with Gasteiger partial charge in [-0.3, -0.25) is 14.3 Å². The van der Waals surface area contributed by atoms with Crippen LogP contribution in [0.5, 0.6) is 5.75 Å². The number of piperazine rings is 1. The summed E-state index contributed by atoms with van der Waals surface area (Å²) in [4.78, 5) is 29.2. The Morgan fingerprint density at radius 1 is 1.14 bits per heavy atom. The van der Waals surface area contributed by atoms with Crippen molar-refractivity contribution in [3.63, 3.8) is 0 Å². The number of hydrogen-bond acceptors (Lipinski definition) is 4. The molecule has 0 N–H and O–H groups in total. The molecule has 4 rings (SSSR count). The molecule has 1 saturated heterocycles. The van der Waals surface area contributed by atoms with Gasteiger partial charge in [-0.25, -0.2) is 0 Å². The van der Waals surface area contributed by atoms with Crippen molar-refractivity contribution in [1.82, 2.24) is 14.7 Å². The van der Waals surface area contributed by atoms with E-state index in [1.165, 1.54) is 0 Å². The van der Waals surface area contributed by atoms with Gasteiger partial charge in [0.15, 0.2) is 0 Å². The number of methoxy groups -OCH3 is 1. The normalized spacial score (nSPS) is 16.3. The van der Waals surface area contributed by atoms with Crippen LogP contribution in [-0.2, 0) is 16.1 Å². The summed E-state index contributed by atoms with van der Waals surface area (Å²) in [7, 11) is 1.61. The minimum Gasteiger partial charge on any atom is -0.497 e. The molecule has 0 bridgehead atoms. The maximum Gasteiger partial charge on any atom is 0.247 e. The van der Waals surface area contributed by atoms with E-state index < -0.39 is 5.54 Å².